The molecule has 37 heavy (non-hydrogen) atoms. The van der Waals surface area contributed by atoms with Crippen molar-refractivity contribution in [2.45, 2.75) is 6.54 Å². The van der Waals surface area contributed by atoms with Crippen molar-refractivity contribution in [3.63, 3.8) is 0 Å². The number of H-pyrrole nitrogens is 2. The van der Waals surface area contributed by atoms with Crippen molar-refractivity contribution in [2.24, 2.45) is 5.10 Å². The number of hydrazone groups is 1. The first-order valence-electron chi connectivity index (χ1n) is 10.5. The van der Waals surface area contributed by atoms with Gasteiger partial charge in [-0.3, -0.25) is 20.2 Å². The van der Waals surface area contributed by atoms with Gasteiger partial charge in [0.15, 0.2) is 11.5 Å². The highest BCUT2D eigenvalue weighted by molar-refractivity contribution is 6.44. The van der Waals surface area contributed by atoms with E-state index in [1.54, 1.807) is 24.3 Å². The number of amides is 1. The topological polar surface area (TPSA) is 194 Å². The molecule has 0 unspecified atom stereocenters. The molecule has 0 aliphatic rings. The fourth-order valence-corrected chi connectivity index (χ4v) is 3.11. The summed E-state index contributed by atoms with van der Waals surface area (Å²) in [6.45, 7) is 0.000522. The Labute approximate surface area is 208 Å². The van der Waals surface area contributed by atoms with Crippen molar-refractivity contribution in [1.29, 1.82) is 0 Å². The smallest absolute Gasteiger partial charge is 0.351 e. The second-order valence-corrected chi connectivity index (χ2v) is 7.15. The van der Waals surface area contributed by atoms with Gasteiger partial charge in [0.25, 0.3) is 5.91 Å². The number of aromatic nitrogens is 3. The molecule has 0 bridgehead atoms. The largest absolute Gasteiger partial charge is 0.496 e. The van der Waals surface area contributed by atoms with E-state index in [-0.39, 0.29) is 23.4 Å². The summed E-state index contributed by atoms with van der Waals surface area (Å²) in [4.78, 5) is 68.6. The van der Waals surface area contributed by atoms with Gasteiger partial charge < -0.3 is 19.5 Å². The number of nitrogens with one attached hydrogen (secondary N) is 4. The Morgan fingerprint density at radius 1 is 0.973 bits per heavy atom. The number of benzene rings is 2. The molecule has 1 heterocycles. The minimum Gasteiger partial charge on any atom is -0.496 e. The van der Waals surface area contributed by atoms with Crippen molar-refractivity contribution in [3.8, 4) is 5.75 Å². The number of carbonyl (C=O) groups is 3. The van der Waals surface area contributed by atoms with Crippen LogP contribution in [-0.2, 0) is 20.8 Å². The summed E-state index contributed by atoms with van der Waals surface area (Å²) >= 11 is 0. The maximum Gasteiger partial charge on any atom is 0.351 e. The minimum atomic E-state index is -1.02. The molecule has 14 nitrogen and oxygen atoms in total. The Hall–Kier alpha value is -5.27. The van der Waals surface area contributed by atoms with Crippen LogP contribution in [0, 0.1) is 0 Å². The van der Waals surface area contributed by atoms with Gasteiger partial charge in [-0.15, -0.1) is 0 Å². The molecule has 0 aliphatic carbocycles. The highest BCUT2D eigenvalue weighted by Gasteiger charge is 2.20. The van der Waals surface area contributed by atoms with Crippen LogP contribution < -0.4 is 26.9 Å². The van der Waals surface area contributed by atoms with E-state index in [0.29, 0.717) is 11.3 Å². The maximum absolute atomic E-state index is 13.1. The number of rotatable bonds is 9. The fourth-order valence-electron chi connectivity index (χ4n) is 3.11. The maximum atomic E-state index is 13.1. The summed E-state index contributed by atoms with van der Waals surface area (Å²) in [5.74, 6) is -2.24. The number of ether oxygens (including phenoxy) is 3. The van der Waals surface area contributed by atoms with E-state index < -0.39 is 40.8 Å². The van der Waals surface area contributed by atoms with Crippen molar-refractivity contribution in [1.82, 2.24) is 20.3 Å². The molecular formula is C23H22N6O8. The number of hydrogen-bond donors (Lipinski definition) is 4. The lowest BCUT2D eigenvalue weighted by Gasteiger charge is -2.12. The van der Waals surface area contributed by atoms with Gasteiger partial charge in [0.05, 0.1) is 38.1 Å². The first-order valence-corrected chi connectivity index (χ1v) is 10.5. The Balaban J connectivity index is 2.03. The van der Waals surface area contributed by atoms with E-state index in [2.05, 4.69) is 30.5 Å². The first kappa shape index (κ1) is 26.3. The van der Waals surface area contributed by atoms with Crippen molar-refractivity contribution in [3.05, 3.63) is 85.9 Å². The molecule has 0 atom stereocenters. The van der Waals surface area contributed by atoms with E-state index in [0.717, 1.165) is 7.11 Å². The molecule has 192 valence electrons. The minimum absolute atomic E-state index is 0.000522. The zero-order chi connectivity index (χ0) is 26.9. The third-order valence-corrected chi connectivity index (χ3v) is 4.87. The molecule has 1 amide bonds. The SMILES string of the molecule is COC(=O)c1ccc(C(=O)OC)c(N/N=C(\C(=O)NCc2ccccc2OC)c2nc(=O)[nH]c(=O)[nH]2)c1. The normalized spacial score (nSPS) is 10.8. The second-order valence-electron chi connectivity index (χ2n) is 7.15. The molecule has 3 aromatic rings. The van der Waals surface area contributed by atoms with Crippen molar-refractivity contribution in [2.75, 3.05) is 26.8 Å². The Morgan fingerprint density at radius 2 is 1.70 bits per heavy atom. The summed E-state index contributed by atoms with van der Waals surface area (Å²) in [7, 11) is 3.82. The molecular weight excluding hydrogens is 488 g/mol. The second kappa shape index (κ2) is 11.9. The molecule has 3 rings (SSSR count). The molecule has 2 aromatic carbocycles. The van der Waals surface area contributed by atoms with Crippen LogP contribution in [-0.4, -0.2) is 59.8 Å². The highest BCUT2D eigenvalue weighted by atomic mass is 16.5. The molecule has 0 spiro atoms. The van der Waals surface area contributed by atoms with Crippen molar-refractivity contribution < 1.29 is 28.6 Å². The van der Waals surface area contributed by atoms with E-state index in [1.165, 1.54) is 32.4 Å². The van der Waals surface area contributed by atoms with Crippen LogP contribution in [0.2, 0.25) is 0 Å². The van der Waals surface area contributed by atoms with E-state index in [1.807, 2.05) is 4.98 Å². The number of aromatic amines is 2. The van der Waals surface area contributed by atoms with Crippen LogP contribution in [0.4, 0.5) is 5.69 Å². The predicted octanol–water partition coefficient (Wildman–Crippen LogP) is 0.173. The Kier molecular flexibility index (Phi) is 8.49. The van der Waals surface area contributed by atoms with Crippen LogP contribution in [0.1, 0.15) is 32.1 Å². The lowest BCUT2D eigenvalue weighted by molar-refractivity contribution is -0.114. The van der Waals surface area contributed by atoms with Crippen LogP contribution in [0.25, 0.3) is 0 Å². The molecule has 0 radical (unpaired) electrons. The quantitative estimate of drug-likeness (QED) is 0.175. The Morgan fingerprint density at radius 3 is 2.38 bits per heavy atom. The zero-order valence-corrected chi connectivity index (χ0v) is 19.9. The average molecular weight is 510 g/mol. The summed E-state index contributed by atoms with van der Waals surface area (Å²) < 4.78 is 14.7. The van der Waals surface area contributed by atoms with Crippen LogP contribution in [0.15, 0.2) is 57.2 Å². The summed E-state index contributed by atoms with van der Waals surface area (Å²) in [6, 6.07) is 10.8. The molecule has 14 heteroatoms. The molecule has 0 aliphatic heterocycles. The summed E-state index contributed by atoms with van der Waals surface area (Å²) in [5.41, 5.74) is 0.700. The van der Waals surface area contributed by atoms with Gasteiger partial charge in [-0.2, -0.15) is 10.1 Å². The zero-order valence-electron chi connectivity index (χ0n) is 19.9. The molecule has 0 saturated heterocycles. The highest BCUT2D eigenvalue weighted by Crippen LogP contribution is 2.20. The first-order chi connectivity index (χ1) is 17.8. The van der Waals surface area contributed by atoms with E-state index >= 15 is 0 Å². The predicted molar refractivity (Wildman–Crippen MR) is 130 cm³/mol. The third kappa shape index (κ3) is 6.45. The van der Waals surface area contributed by atoms with Gasteiger partial charge in [-0.05, 0) is 24.3 Å². The molecule has 0 fully saturated rings. The third-order valence-electron chi connectivity index (χ3n) is 4.87. The molecule has 0 saturated carbocycles. The van der Waals surface area contributed by atoms with E-state index in [4.69, 9.17) is 9.47 Å². The molecule has 1 aromatic heterocycles. The molecule has 4 N–H and O–H groups in total. The van der Waals surface area contributed by atoms with Gasteiger partial charge >= 0.3 is 23.3 Å². The number of hydrogen-bond acceptors (Lipinski definition) is 11. The van der Waals surface area contributed by atoms with Gasteiger partial charge in [0.1, 0.15) is 5.75 Å². The van der Waals surface area contributed by atoms with Crippen LogP contribution in [0.3, 0.4) is 0 Å². The van der Waals surface area contributed by atoms with Gasteiger partial charge in [0, 0.05) is 12.1 Å². The summed E-state index contributed by atoms with van der Waals surface area (Å²) in [5, 5.41) is 6.59. The Bertz CT molecular complexity index is 1450. The average Bonchev–Trinajstić information content (AvgIpc) is 2.90. The van der Waals surface area contributed by atoms with Gasteiger partial charge in [0.2, 0.25) is 0 Å². The number of nitrogens with zero attached hydrogens (tertiary/aromatic N) is 2. The fraction of sp³-hybridized carbons (Fsp3) is 0.174. The number of para-hydroxylation sites is 1. The van der Waals surface area contributed by atoms with Gasteiger partial charge in [-0.25, -0.2) is 19.2 Å². The van der Waals surface area contributed by atoms with Crippen molar-refractivity contribution >= 4 is 29.2 Å². The van der Waals surface area contributed by atoms with Crippen LogP contribution in [0.5, 0.6) is 5.75 Å². The number of anilines is 1. The summed E-state index contributed by atoms with van der Waals surface area (Å²) in [6.07, 6.45) is 0. The van der Waals surface area contributed by atoms with E-state index in [9.17, 15) is 24.0 Å². The van der Waals surface area contributed by atoms with Gasteiger partial charge in [-0.1, -0.05) is 18.2 Å². The number of carbonyl (C=O) groups excluding carboxylic acids is 3. The monoisotopic (exact) mass is 510 g/mol. The standard InChI is InChI=1S/C23H22N6O8/c1-35-16-7-5-4-6-13(16)11-24-19(30)17(18-25-22(33)27-23(34)26-18)29-28-15-10-12(20(31)36-2)8-9-14(15)21(32)37-3/h4-10,28H,11H2,1-3H3,(H,24,30)(H2,25,26,27,33,34)/b29-17-. The van der Waals surface area contributed by atoms with Crippen LogP contribution >= 0.6 is 0 Å². The number of methoxy groups -OCH3 is 3. The lowest BCUT2D eigenvalue weighted by atomic mass is 10.1. The number of esters is 2. The lowest BCUT2D eigenvalue weighted by Crippen LogP contribution is -2.37.